The molecule has 2 rings (SSSR count). The molecule has 1 fully saturated rings. The SMILES string of the molecule is NCC1CCCC1c1nc(C(=O)O)no1. The van der Waals surface area contributed by atoms with Crippen LogP contribution in [0.2, 0.25) is 0 Å². The largest absolute Gasteiger partial charge is 0.475 e. The van der Waals surface area contributed by atoms with Crippen LogP contribution < -0.4 is 5.73 Å². The predicted octanol–water partition coefficient (Wildman–Crippen LogP) is 0.610. The minimum atomic E-state index is -1.16. The van der Waals surface area contributed by atoms with Crippen LogP contribution in [0.25, 0.3) is 0 Å². The molecule has 0 amide bonds. The van der Waals surface area contributed by atoms with E-state index in [1.165, 1.54) is 0 Å². The van der Waals surface area contributed by atoms with Crippen molar-refractivity contribution < 1.29 is 14.4 Å². The number of aromatic nitrogens is 2. The van der Waals surface area contributed by atoms with Crippen molar-refractivity contribution in [1.82, 2.24) is 10.1 Å². The Morgan fingerprint density at radius 1 is 1.60 bits per heavy atom. The molecule has 1 saturated carbocycles. The summed E-state index contributed by atoms with van der Waals surface area (Å²) in [7, 11) is 0. The van der Waals surface area contributed by atoms with Crippen LogP contribution in [-0.4, -0.2) is 27.8 Å². The molecule has 6 heteroatoms. The summed E-state index contributed by atoms with van der Waals surface area (Å²) in [5.74, 6) is -0.539. The van der Waals surface area contributed by atoms with Crippen LogP contribution in [0, 0.1) is 5.92 Å². The zero-order valence-corrected chi connectivity index (χ0v) is 8.22. The van der Waals surface area contributed by atoms with E-state index in [1.807, 2.05) is 0 Å². The Balaban J connectivity index is 2.18. The molecule has 3 N–H and O–H groups in total. The first-order chi connectivity index (χ1) is 7.22. The molecule has 0 aromatic carbocycles. The minimum absolute atomic E-state index is 0.135. The van der Waals surface area contributed by atoms with Gasteiger partial charge in [-0.2, -0.15) is 4.98 Å². The van der Waals surface area contributed by atoms with E-state index in [-0.39, 0.29) is 11.7 Å². The van der Waals surface area contributed by atoms with E-state index in [0.717, 1.165) is 19.3 Å². The highest BCUT2D eigenvalue weighted by atomic mass is 16.5. The van der Waals surface area contributed by atoms with Gasteiger partial charge in [-0.25, -0.2) is 4.79 Å². The number of carboxylic acids is 1. The second-order valence-electron chi connectivity index (χ2n) is 3.79. The van der Waals surface area contributed by atoms with Gasteiger partial charge in [-0.15, -0.1) is 0 Å². The fraction of sp³-hybridized carbons (Fsp3) is 0.667. The fourth-order valence-electron chi connectivity index (χ4n) is 2.12. The summed E-state index contributed by atoms with van der Waals surface area (Å²) in [6, 6.07) is 0. The molecule has 1 aromatic rings. The molecule has 15 heavy (non-hydrogen) atoms. The van der Waals surface area contributed by atoms with Gasteiger partial charge in [0.15, 0.2) is 0 Å². The van der Waals surface area contributed by atoms with Crippen molar-refractivity contribution in [2.24, 2.45) is 11.7 Å². The van der Waals surface area contributed by atoms with E-state index in [4.69, 9.17) is 15.4 Å². The number of aromatic carboxylic acids is 1. The highest BCUT2D eigenvalue weighted by molar-refractivity contribution is 5.82. The highest BCUT2D eigenvalue weighted by Gasteiger charge is 2.32. The lowest BCUT2D eigenvalue weighted by Crippen LogP contribution is -2.17. The van der Waals surface area contributed by atoms with Crippen LogP contribution in [0.5, 0.6) is 0 Å². The van der Waals surface area contributed by atoms with E-state index in [9.17, 15) is 4.79 Å². The molecule has 1 aliphatic rings. The Morgan fingerprint density at radius 2 is 2.40 bits per heavy atom. The summed E-state index contributed by atoms with van der Waals surface area (Å²) in [4.78, 5) is 14.4. The lowest BCUT2D eigenvalue weighted by atomic mass is 9.96. The lowest BCUT2D eigenvalue weighted by Gasteiger charge is -2.12. The standard InChI is InChI=1S/C9H13N3O3/c10-4-5-2-1-3-6(5)8-11-7(9(13)14)12-15-8/h5-6H,1-4,10H2,(H,13,14). The summed E-state index contributed by atoms with van der Waals surface area (Å²) >= 11 is 0. The second kappa shape index (κ2) is 3.98. The van der Waals surface area contributed by atoms with E-state index in [1.54, 1.807) is 0 Å². The number of rotatable bonds is 3. The zero-order chi connectivity index (χ0) is 10.8. The van der Waals surface area contributed by atoms with Gasteiger partial charge in [0.25, 0.3) is 5.82 Å². The van der Waals surface area contributed by atoms with E-state index >= 15 is 0 Å². The van der Waals surface area contributed by atoms with Crippen LogP contribution in [0.1, 0.15) is 41.7 Å². The normalized spacial score (nSPS) is 25.7. The van der Waals surface area contributed by atoms with Crippen molar-refractivity contribution in [2.45, 2.75) is 25.2 Å². The van der Waals surface area contributed by atoms with Crippen LogP contribution in [0.3, 0.4) is 0 Å². The average Bonchev–Trinajstić information content (AvgIpc) is 2.85. The monoisotopic (exact) mass is 211 g/mol. The third kappa shape index (κ3) is 1.85. The van der Waals surface area contributed by atoms with Crippen molar-refractivity contribution in [1.29, 1.82) is 0 Å². The third-order valence-electron chi connectivity index (χ3n) is 2.91. The zero-order valence-electron chi connectivity index (χ0n) is 8.22. The summed E-state index contributed by atoms with van der Waals surface area (Å²) in [6.07, 6.45) is 3.08. The molecule has 1 heterocycles. The van der Waals surface area contributed by atoms with Gasteiger partial charge < -0.3 is 15.4 Å². The maximum absolute atomic E-state index is 10.6. The van der Waals surface area contributed by atoms with Gasteiger partial charge >= 0.3 is 5.97 Å². The van der Waals surface area contributed by atoms with Crippen LogP contribution >= 0.6 is 0 Å². The topological polar surface area (TPSA) is 102 Å². The van der Waals surface area contributed by atoms with E-state index < -0.39 is 5.97 Å². The number of nitrogens with zero attached hydrogens (tertiary/aromatic N) is 2. The molecule has 6 nitrogen and oxygen atoms in total. The van der Waals surface area contributed by atoms with Crippen molar-refractivity contribution in [3.05, 3.63) is 11.7 Å². The van der Waals surface area contributed by atoms with Gasteiger partial charge in [0.1, 0.15) is 0 Å². The number of nitrogens with two attached hydrogens (primary N) is 1. The first-order valence-electron chi connectivity index (χ1n) is 4.99. The number of hydrogen-bond donors (Lipinski definition) is 2. The predicted molar refractivity (Wildman–Crippen MR) is 50.4 cm³/mol. The third-order valence-corrected chi connectivity index (χ3v) is 2.91. The molecule has 2 atom stereocenters. The molecule has 0 saturated heterocycles. The molecule has 0 aliphatic heterocycles. The van der Waals surface area contributed by atoms with Gasteiger partial charge in [-0.05, 0) is 30.5 Å². The Hall–Kier alpha value is -1.43. The fourth-order valence-corrected chi connectivity index (χ4v) is 2.12. The van der Waals surface area contributed by atoms with Crippen molar-refractivity contribution in [3.8, 4) is 0 Å². The van der Waals surface area contributed by atoms with E-state index in [2.05, 4.69) is 10.1 Å². The Kier molecular flexibility index (Phi) is 2.68. The molecule has 82 valence electrons. The molecule has 2 unspecified atom stereocenters. The van der Waals surface area contributed by atoms with Crippen molar-refractivity contribution >= 4 is 5.97 Å². The van der Waals surface area contributed by atoms with Crippen LogP contribution in [-0.2, 0) is 0 Å². The van der Waals surface area contributed by atoms with Gasteiger partial charge in [0.05, 0.1) is 0 Å². The molecular weight excluding hydrogens is 198 g/mol. The second-order valence-corrected chi connectivity index (χ2v) is 3.79. The number of hydrogen-bond acceptors (Lipinski definition) is 5. The van der Waals surface area contributed by atoms with Gasteiger partial charge in [-0.3, -0.25) is 0 Å². The molecule has 1 aliphatic carbocycles. The average molecular weight is 211 g/mol. The molecule has 0 bridgehead atoms. The highest BCUT2D eigenvalue weighted by Crippen LogP contribution is 2.37. The Bertz CT molecular complexity index is 363. The Labute approximate surface area is 86.5 Å². The van der Waals surface area contributed by atoms with Gasteiger partial charge in [-0.1, -0.05) is 6.42 Å². The summed E-state index contributed by atoms with van der Waals surface area (Å²) in [5.41, 5.74) is 5.62. The summed E-state index contributed by atoms with van der Waals surface area (Å²) in [6.45, 7) is 0.579. The smallest absolute Gasteiger partial charge is 0.377 e. The maximum atomic E-state index is 10.6. The molecule has 1 aromatic heterocycles. The first kappa shape index (κ1) is 10.1. The molecular formula is C9H13N3O3. The Morgan fingerprint density at radius 3 is 3.00 bits per heavy atom. The quantitative estimate of drug-likeness (QED) is 0.759. The van der Waals surface area contributed by atoms with Crippen LogP contribution in [0.15, 0.2) is 4.52 Å². The summed E-state index contributed by atoms with van der Waals surface area (Å²) < 4.78 is 4.94. The molecule has 0 radical (unpaired) electrons. The number of carbonyl (C=O) groups is 1. The van der Waals surface area contributed by atoms with Crippen molar-refractivity contribution in [3.63, 3.8) is 0 Å². The first-order valence-corrected chi connectivity index (χ1v) is 4.99. The van der Waals surface area contributed by atoms with Crippen LogP contribution in [0.4, 0.5) is 0 Å². The number of carboxylic acid groups (broad SMARTS) is 1. The van der Waals surface area contributed by atoms with E-state index in [0.29, 0.717) is 18.4 Å². The van der Waals surface area contributed by atoms with Gasteiger partial charge in [0, 0.05) is 5.92 Å². The maximum Gasteiger partial charge on any atom is 0.377 e. The summed E-state index contributed by atoms with van der Waals surface area (Å²) in [5, 5.41) is 12.1. The van der Waals surface area contributed by atoms with Crippen molar-refractivity contribution in [2.75, 3.05) is 6.54 Å². The lowest BCUT2D eigenvalue weighted by molar-refractivity contribution is 0.0680. The molecule has 0 spiro atoms. The minimum Gasteiger partial charge on any atom is -0.475 e. The van der Waals surface area contributed by atoms with Gasteiger partial charge in [0.2, 0.25) is 5.89 Å².